The number of phenols is 1. The van der Waals surface area contributed by atoms with Crippen LogP contribution in [0.3, 0.4) is 0 Å². The van der Waals surface area contributed by atoms with E-state index in [1.54, 1.807) is 6.07 Å². The van der Waals surface area contributed by atoms with E-state index in [-0.39, 0.29) is 26.8 Å². The number of hydrogen-bond acceptors (Lipinski definition) is 3. The molecule has 206 valence electrons. The van der Waals surface area contributed by atoms with Gasteiger partial charge in [0.05, 0.1) is 16.6 Å². The number of rotatable bonds is 6. The molecular weight excluding hydrogens is 698 g/mol. The van der Waals surface area contributed by atoms with E-state index in [2.05, 4.69) is 82.3 Å². The van der Waals surface area contributed by atoms with Crippen molar-refractivity contribution in [3.63, 3.8) is 0 Å². The number of benzene rings is 5. The van der Waals surface area contributed by atoms with Crippen LogP contribution >= 0.6 is 0 Å². The van der Waals surface area contributed by atoms with Crippen molar-refractivity contribution in [2.45, 2.75) is 6.42 Å². The second-order valence-corrected chi connectivity index (χ2v) is 9.95. The van der Waals surface area contributed by atoms with Gasteiger partial charge >= 0.3 is 0 Å². The maximum atomic E-state index is 10.9. The molecule has 2 heterocycles. The SMILES string of the molecule is Oc1ccccc1-c1nc2c(-c3[c-]c(-c4ccccn4)ccc3Cc3ccccc3)cccc2n1-c1ccccc1.[Pt]. The zero-order valence-electron chi connectivity index (χ0n) is 22.6. The first kappa shape index (κ1) is 27.4. The summed E-state index contributed by atoms with van der Waals surface area (Å²) in [6.07, 6.45) is 2.57. The van der Waals surface area contributed by atoms with Gasteiger partial charge in [0.25, 0.3) is 0 Å². The van der Waals surface area contributed by atoms with Gasteiger partial charge in [-0.3, -0.25) is 9.55 Å². The van der Waals surface area contributed by atoms with E-state index in [1.807, 2.05) is 66.9 Å². The molecule has 0 atom stereocenters. The van der Waals surface area contributed by atoms with Gasteiger partial charge in [-0.15, -0.1) is 29.3 Å². The molecule has 0 aliphatic rings. The summed E-state index contributed by atoms with van der Waals surface area (Å²) in [5, 5.41) is 10.9. The van der Waals surface area contributed by atoms with Crippen LogP contribution in [-0.4, -0.2) is 19.6 Å². The minimum Gasteiger partial charge on any atom is -0.507 e. The Labute approximate surface area is 259 Å². The first-order chi connectivity index (χ1) is 20.3. The molecule has 0 radical (unpaired) electrons. The van der Waals surface area contributed by atoms with Gasteiger partial charge in [-0.2, -0.15) is 0 Å². The summed E-state index contributed by atoms with van der Waals surface area (Å²) in [6, 6.07) is 48.2. The fraction of sp³-hybridized carbons (Fsp3) is 0.0270. The van der Waals surface area contributed by atoms with Crippen molar-refractivity contribution in [1.82, 2.24) is 14.5 Å². The molecule has 4 nitrogen and oxygen atoms in total. The molecule has 1 N–H and O–H groups in total. The molecule has 7 aromatic rings. The number of imidazole rings is 1. The van der Waals surface area contributed by atoms with E-state index in [0.717, 1.165) is 51.1 Å². The Morgan fingerprint density at radius 1 is 0.667 bits per heavy atom. The Morgan fingerprint density at radius 3 is 2.14 bits per heavy atom. The number of hydrogen-bond donors (Lipinski definition) is 1. The third-order valence-corrected chi connectivity index (χ3v) is 7.32. The van der Waals surface area contributed by atoms with Crippen molar-refractivity contribution >= 4 is 11.0 Å². The summed E-state index contributed by atoms with van der Waals surface area (Å²) >= 11 is 0. The van der Waals surface area contributed by atoms with Gasteiger partial charge in [0.15, 0.2) is 0 Å². The molecular formula is C37H26N3OPt-. The zero-order valence-corrected chi connectivity index (χ0v) is 24.9. The van der Waals surface area contributed by atoms with Gasteiger partial charge in [0, 0.05) is 38.6 Å². The first-order valence-electron chi connectivity index (χ1n) is 13.6. The fourth-order valence-corrected chi connectivity index (χ4v) is 5.38. The van der Waals surface area contributed by atoms with Crippen LogP contribution in [0, 0.1) is 6.07 Å². The number of fused-ring (bicyclic) bond motifs is 1. The van der Waals surface area contributed by atoms with Crippen LogP contribution in [0.2, 0.25) is 0 Å². The second kappa shape index (κ2) is 12.0. The summed E-state index contributed by atoms with van der Waals surface area (Å²) in [5.41, 5.74) is 9.60. The van der Waals surface area contributed by atoms with Crippen LogP contribution in [0.15, 0.2) is 140 Å². The van der Waals surface area contributed by atoms with E-state index in [0.29, 0.717) is 11.4 Å². The molecule has 0 saturated carbocycles. The second-order valence-electron chi connectivity index (χ2n) is 9.95. The average Bonchev–Trinajstić information content (AvgIpc) is 3.42. The summed E-state index contributed by atoms with van der Waals surface area (Å²) in [7, 11) is 0. The summed E-state index contributed by atoms with van der Waals surface area (Å²) in [5.74, 6) is 0.872. The van der Waals surface area contributed by atoms with E-state index in [1.165, 1.54) is 5.56 Å². The third-order valence-electron chi connectivity index (χ3n) is 7.32. The smallest absolute Gasteiger partial charge is 0.148 e. The van der Waals surface area contributed by atoms with Crippen LogP contribution in [-0.2, 0) is 27.5 Å². The van der Waals surface area contributed by atoms with Gasteiger partial charge < -0.3 is 5.11 Å². The predicted octanol–water partition coefficient (Wildman–Crippen LogP) is 8.52. The largest absolute Gasteiger partial charge is 0.507 e. The molecule has 42 heavy (non-hydrogen) atoms. The van der Waals surface area contributed by atoms with Crippen LogP contribution in [0.4, 0.5) is 0 Å². The predicted molar refractivity (Wildman–Crippen MR) is 165 cm³/mol. The number of phenolic OH excluding ortho intramolecular Hbond substituents is 1. The van der Waals surface area contributed by atoms with Crippen LogP contribution in [0.5, 0.6) is 5.75 Å². The Hall–Kier alpha value is -4.79. The molecule has 2 aromatic heterocycles. The molecule has 5 heteroatoms. The number of aromatic nitrogens is 3. The maximum absolute atomic E-state index is 10.9. The van der Waals surface area contributed by atoms with Gasteiger partial charge in [0.2, 0.25) is 0 Å². The molecule has 0 saturated heterocycles. The number of para-hydroxylation sites is 3. The van der Waals surface area contributed by atoms with Gasteiger partial charge in [-0.25, -0.2) is 4.98 Å². The van der Waals surface area contributed by atoms with Crippen LogP contribution < -0.4 is 0 Å². The van der Waals surface area contributed by atoms with Gasteiger partial charge in [-0.1, -0.05) is 102 Å². The van der Waals surface area contributed by atoms with Gasteiger partial charge in [-0.05, 0) is 42.8 Å². The zero-order chi connectivity index (χ0) is 27.6. The molecule has 7 rings (SSSR count). The number of aromatic hydroxyl groups is 1. The molecule has 0 fully saturated rings. The quantitative estimate of drug-likeness (QED) is 0.175. The van der Waals surface area contributed by atoms with Crippen molar-refractivity contribution in [3.05, 3.63) is 157 Å². The van der Waals surface area contributed by atoms with Crippen molar-refractivity contribution in [1.29, 1.82) is 0 Å². The molecule has 0 bridgehead atoms. The molecule has 0 aliphatic carbocycles. The average molecular weight is 724 g/mol. The number of nitrogens with zero attached hydrogens (tertiary/aromatic N) is 3. The molecule has 5 aromatic carbocycles. The third kappa shape index (κ3) is 5.18. The van der Waals surface area contributed by atoms with Crippen LogP contribution in [0.25, 0.3) is 50.5 Å². The van der Waals surface area contributed by atoms with Crippen molar-refractivity contribution in [2.75, 3.05) is 0 Å². The van der Waals surface area contributed by atoms with Crippen molar-refractivity contribution < 1.29 is 26.2 Å². The maximum Gasteiger partial charge on any atom is 0.148 e. The van der Waals surface area contributed by atoms with Crippen molar-refractivity contribution in [3.8, 4) is 45.2 Å². The monoisotopic (exact) mass is 723 g/mol. The van der Waals surface area contributed by atoms with Gasteiger partial charge in [0.1, 0.15) is 11.6 Å². The summed E-state index contributed by atoms with van der Waals surface area (Å²) in [6.45, 7) is 0. The molecule has 0 amide bonds. The van der Waals surface area contributed by atoms with E-state index < -0.39 is 0 Å². The molecule has 0 aliphatic heterocycles. The van der Waals surface area contributed by atoms with E-state index >= 15 is 0 Å². The topological polar surface area (TPSA) is 50.9 Å². The van der Waals surface area contributed by atoms with E-state index in [9.17, 15) is 5.11 Å². The van der Waals surface area contributed by atoms with Crippen molar-refractivity contribution in [2.24, 2.45) is 0 Å². The first-order valence-corrected chi connectivity index (χ1v) is 13.6. The molecule has 0 spiro atoms. The Morgan fingerprint density at radius 2 is 1.38 bits per heavy atom. The Bertz CT molecular complexity index is 1970. The standard InChI is InChI=1S/C37H26N3O.Pt/c41-35-20-8-7-16-31(35)37-39-36-30(17-11-19-34(36)40(37)29-14-5-2-6-15-29)32-25-28(33-18-9-10-23-38-33)22-21-27(32)24-26-12-3-1-4-13-26;/h1-23,41H,24H2;/q-1;. The van der Waals surface area contributed by atoms with E-state index in [4.69, 9.17) is 4.98 Å². The summed E-state index contributed by atoms with van der Waals surface area (Å²) in [4.78, 5) is 9.80. The minimum atomic E-state index is 0. The minimum absolute atomic E-state index is 0. The fourth-order valence-electron chi connectivity index (χ4n) is 5.38. The van der Waals surface area contributed by atoms with Crippen LogP contribution in [0.1, 0.15) is 11.1 Å². The number of pyridine rings is 1. The Balaban J connectivity index is 0.00000316. The summed E-state index contributed by atoms with van der Waals surface area (Å²) < 4.78 is 2.12. The molecule has 0 unspecified atom stereocenters. The Kier molecular flexibility index (Phi) is 7.81. The normalized spacial score (nSPS) is 10.9.